The molecule has 1 saturated carbocycles. The summed E-state index contributed by atoms with van der Waals surface area (Å²) in [4.78, 5) is 10.5. The van der Waals surface area contributed by atoms with Gasteiger partial charge in [-0.15, -0.1) is 0 Å². The van der Waals surface area contributed by atoms with Crippen LogP contribution in [0, 0.1) is 22.9 Å². The second-order valence-corrected chi connectivity index (χ2v) is 5.43. The zero-order valence-corrected chi connectivity index (χ0v) is 11.6. The van der Waals surface area contributed by atoms with E-state index in [1.165, 1.54) is 6.07 Å². The van der Waals surface area contributed by atoms with Crippen LogP contribution in [0.15, 0.2) is 12.1 Å². The quantitative estimate of drug-likeness (QED) is 0.506. The first-order chi connectivity index (χ1) is 9.49. The van der Waals surface area contributed by atoms with Crippen LogP contribution in [0.4, 0.5) is 15.8 Å². The van der Waals surface area contributed by atoms with Gasteiger partial charge in [0.2, 0.25) is 0 Å². The van der Waals surface area contributed by atoms with Crippen LogP contribution in [0.3, 0.4) is 0 Å². The number of nitrogens with zero attached hydrogens (tertiary/aromatic N) is 1. The van der Waals surface area contributed by atoms with Crippen molar-refractivity contribution in [2.45, 2.75) is 51.1 Å². The van der Waals surface area contributed by atoms with Gasteiger partial charge in [0, 0.05) is 12.1 Å². The predicted octanol–water partition coefficient (Wildman–Crippen LogP) is 3.11. The maximum atomic E-state index is 13.5. The highest BCUT2D eigenvalue weighted by Gasteiger charge is 2.24. The molecule has 0 spiro atoms. The van der Waals surface area contributed by atoms with E-state index in [0.717, 1.165) is 38.2 Å². The Morgan fingerprint density at radius 1 is 1.35 bits per heavy atom. The molecule has 1 aliphatic rings. The first-order valence-electron chi connectivity index (χ1n) is 6.95. The first-order valence-corrected chi connectivity index (χ1v) is 6.95. The fourth-order valence-corrected chi connectivity index (χ4v) is 2.65. The van der Waals surface area contributed by atoms with E-state index < -0.39 is 10.7 Å². The van der Waals surface area contributed by atoms with Gasteiger partial charge in [0.05, 0.1) is 11.0 Å². The highest BCUT2D eigenvalue weighted by Crippen LogP contribution is 2.30. The Kier molecular flexibility index (Phi) is 4.54. The lowest BCUT2D eigenvalue weighted by Gasteiger charge is -2.24. The Bertz CT molecular complexity index is 507. The lowest BCUT2D eigenvalue weighted by molar-refractivity contribution is -0.384. The van der Waals surface area contributed by atoms with Crippen molar-refractivity contribution in [3.63, 3.8) is 0 Å². The standard InChI is InChI=1S/C14H20FN3O2/c1-9-7-13(14(18(19)20)8-10(9)15)17-12-6-4-2-3-5-11(12)16/h7-8,11-12,17H,2-6,16H2,1H3. The molecule has 110 valence electrons. The minimum atomic E-state index is -0.563. The topological polar surface area (TPSA) is 81.2 Å². The number of rotatable bonds is 3. The Hall–Kier alpha value is -1.69. The second-order valence-electron chi connectivity index (χ2n) is 5.43. The molecule has 0 aliphatic heterocycles. The maximum absolute atomic E-state index is 13.5. The van der Waals surface area contributed by atoms with Gasteiger partial charge in [-0.2, -0.15) is 0 Å². The molecule has 0 saturated heterocycles. The second kappa shape index (κ2) is 6.17. The molecule has 6 heteroatoms. The molecule has 2 atom stereocenters. The lowest BCUT2D eigenvalue weighted by atomic mass is 10.0. The minimum Gasteiger partial charge on any atom is -0.375 e. The lowest BCUT2D eigenvalue weighted by Crippen LogP contribution is -2.39. The van der Waals surface area contributed by atoms with Gasteiger partial charge in [-0.1, -0.05) is 19.3 Å². The minimum absolute atomic E-state index is 0.000983. The van der Waals surface area contributed by atoms with Crippen molar-refractivity contribution in [1.82, 2.24) is 0 Å². The van der Waals surface area contributed by atoms with Crippen LogP contribution in [0.25, 0.3) is 0 Å². The third kappa shape index (κ3) is 3.25. The van der Waals surface area contributed by atoms with Crippen molar-refractivity contribution in [3.8, 4) is 0 Å². The van der Waals surface area contributed by atoms with E-state index >= 15 is 0 Å². The number of halogens is 1. The van der Waals surface area contributed by atoms with Crippen molar-refractivity contribution in [3.05, 3.63) is 33.6 Å². The van der Waals surface area contributed by atoms with E-state index in [1.807, 2.05) is 0 Å². The summed E-state index contributed by atoms with van der Waals surface area (Å²) in [5, 5.41) is 14.2. The molecule has 1 aromatic carbocycles. The molecule has 0 radical (unpaired) electrons. The van der Waals surface area contributed by atoms with E-state index in [2.05, 4.69) is 5.32 Å². The monoisotopic (exact) mass is 281 g/mol. The zero-order valence-electron chi connectivity index (χ0n) is 11.6. The van der Waals surface area contributed by atoms with Gasteiger partial charge in [-0.25, -0.2) is 4.39 Å². The molecule has 3 N–H and O–H groups in total. The number of nitro groups is 1. The molecular weight excluding hydrogens is 261 g/mol. The van der Waals surface area contributed by atoms with Gasteiger partial charge in [0.25, 0.3) is 5.69 Å². The number of aryl methyl sites for hydroxylation is 1. The molecular formula is C14H20FN3O2. The first kappa shape index (κ1) is 14.7. The van der Waals surface area contributed by atoms with Crippen molar-refractivity contribution >= 4 is 11.4 Å². The van der Waals surface area contributed by atoms with Gasteiger partial charge in [0.1, 0.15) is 11.5 Å². The number of hydrogen-bond acceptors (Lipinski definition) is 4. The van der Waals surface area contributed by atoms with Crippen molar-refractivity contribution in [2.75, 3.05) is 5.32 Å². The Morgan fingerprint density at radius 2 is 2.05 bits per heavy atom. The normalized spacial score (nSPS) is 23.1. The number of anilines is 1. The summed E-state index contributed by atoms with van der Waals surface area (Å²) in [7, 11) is 0. The third-order valence-corrected chi connectivity index (χ3v) is 3.88. The van der Waals surface area contributed by atoms with Crippen LogP contribution < -0.4 is 11.1 Å². The van der Waals surface area contributed by atoms with Crippen LogP contribution in [-0.2, 0) is 0 Å². The van der Waals surface area contributed by atoms with Gasteiger partial charge in [0.15, 0.2) is 0 Å². The molecule has 2 unspecified atom stereocenters. The summed E-state index contributed by atoms with van der Waals surface area (Å²) in [6, 6.07) is 2.44. The average molecular weight is 281 g/mol. The van der Waals surface area contributed by atoms with Crippen molar-refractivity contribution < 1.29 is 9.31 Å². The van der Waals surface area contributed by atoms with Crippen molar-refractivity contribution in [2.24, 2.45) is 5.73 Å². The highest BCUT2D eigenvalue weighted by atomic mass is 19.1. The molecule has 1 fully saturated rings. The van der Waals surface area contributed by atoms with Gasteiger partial charge < -0.3 is 11.1 Å². The molecule has 5 nitrogen and oxygen atoms in total. The number of nitro benzene ring substituents is 1. The average Bonchev–Trinajstić information content (AvgIpc) is 2.59. The number of nitrogens with two attached hydrogens (primary N) is 1. The van der Waals surface area contributed by atoms with Crippen LogP contribution >= 0.6 is 0 Å². The summed E-state index contributed by atoms with van der Waals surface area (Å²) >= 11 is 0. The Labute approximate surface area is 117 Å². The third-order valence-electron chi connectivity index (χ3n) is 3.88. The molecule has 0 heterocycles. The molecule has 0 aromatic heterocycles. The molecule has 1 aliphatic carbocycles. The summed E-state index contributed by atoms with van der Waals surface area (Å²) in [5.41, 5.74) is 6.63. The molecule has 1 aromatic rings. The van der Waals surface area contributed by atoms with E-state index in [9.17, 15) is 14.5 Å². The maximum Gasteiger partial charge on any atom is 0.295 e. The summed E-state index contributed by atoms with van der Waals surface area (Å²) in [5.74, 6) is -0.563. The summed E-state index contributed by atoms with van der Waals surface area (Å²) in [6.07, 6.45) is 5.07. The Balaban J connectivity index is 2.27. The van der Waals surface area contributed by atoms with E-state index in [4.69, 9.17) is 5.73 Å². The predicted molar refractivity (Wildman–Crippen MR) is 76.3 cm³/mol. The molecule has 0 bridgehead atoms. The largest absolute Gasteiger partial charge is 0.375 e. The molecule has 20 heavy (non-hydrogen) atoms. The van der Waals surface area contributed by atoms with E-state index in [1.54, 1.807) is 6.92 Å². The number of benzene rings is 1. The van der Waals surface area contributed by atoms with Crippen LogP contribution in [0.1, 0.15) is 37.7 Å². The van der Waals surface area contributed by atoms with Crippen LogP contribution in [0.5, 0.6) is 0 Å². The van der Waals surface area contributed by atoms with E-state index in [0.29, 0.717) is 11.3 Å². The van der Waals surface area contributed by atoms with Crippen molar-refractivity contribution in [1.29, 1.82) is 0 Å². The number of nitrogens with one attached hydrogen (secondary N) is 1. The fourth-order valence-electron chi connectivity index (χ4n) is 2.65. The Morgan fingerprint density at radius 3 is 2.75 bits per heavy atom. The van der Waals surface area contributed by atoms with Gasteiger partial charge in [-0.05, 0) is 31.4 Å². The van der Waals surface area contributed by atoms with E-state index in [-0.39, 0.29) is 17.8 Å². The summed E-state index contributed by atoms with van der Waals surface area (Å²) < 4.78 is 13.5. The molecule has 0 amide bonds. The number of hydrogen-bond donors (Lipinski definition) is 2. The van der Waals surface area contributed by atoms with Gasteiger partial charge in [-0.3, -0.25) is 10.1 Å². The zero-order chi connectivity index (χ0) is 14.7. The molecule has 2 rings (SSSR count). The van der Waals surface area contributed by atoms with Gasteiger partial charge >= 0.3 is 0 Å². The van der Waals surface area contributed by atoms with Crippen LogP contribution in [0.2, 0.25) is 0 Å². The van der Waals surface area contributed by atoms with Crippen LogP contribution in [-0.4, -0.2) is 17.0 Å². The fraction of sp³-hybridized carbons (Fsp3) is 0.571. The smallest absolute Gasteiger partial charge is 0.295 e. The SMILES string of the molecule is Cc1cc(NC2CCCCCC2N)c([N+](=O)[O-])cc1F. The summed E-state index contributed by atoms with van der Waals surface area (Å²) in [6.45, 7) is 1.59. The highest BCUT2D eigenvalue weighted by molar-refractivity contribution is 5.63.